The Morgan fingerprint density at radius 1 is 1.10 bits per heavy atom. The summed E-state index contributed by atoms with van der Waals surface area (Å²) in [6.45, 7) is 0. The van der Waals surface area contributed by atoms with Gasteiger partial charge < -0.3 is 14.5 Å². The first kappa shape index (κ1) is 19.0. The average molecular weight is 425 g/mol. The third-order valence-electron chi connectivity index (χ3n) is 3.82. The molecule has 0 spiro atoms. The number of carbonyl (C=O) groups excluding carboxylic acids is 2. The molecular weight excluding hydrogens is 412 g/mol. The fourth-order valence-corrected chi connectivity index (χ4v) is 3.42. The van der Waals surface area contributed by atoms with Crippen LogP contribution in [-0.4, -0.2) is 17.0 Å². The van der Waals surface area contributed by atoms with Crippen molar-refractivity contribution in [1.29, 1.82) is 0 Å². The molecule has 1 amide bonds. The van der Waals surface area contributed by atoms with Crippen LogP contribution in [0.2, 0.25) is 5.02 Å². The van der Waals surface area contributed by atoms with Crippen molar-refractivity contribution in [3.05, 3.63) is 88.2 Å². The van der Waals surface area contributed by atoms with Crippen molar-refractivity contribution in [1.82, 2.24) is 5.32 Å². The molecule has 0 atom stereocenters. The molecule has 1 aromatic heterocycles. The van der Waals surface area contributed by atoms with E-state index in [2.05, 4.69) is 10.3 Å². The van der Waals surface area contributed by atoms with Crippen molar-refractivity contribution in [2.45, 2.75) is 0 Å². The van der Waals surface area contributed by atoms with Gasteiger partial charge in [0.2, 0.25) is 5.76 Å². The number of esters is 1. The van der Waals surface area contributed by atoms with E-state index >= 15 is 0 Å². The minimum Gasteiger partial charge on any atom is -0.457 e. The third kappa shape index (κ3) is 4.77. The highest BCUT2D eigenvalue weighted by Crippen LogP contribution is 2.29. The summed E-state index contributed by atoms with van der Waals surface area (Å²) in [5.41, 5.74) is 1.48. The Balaban J connectivity index is 1.44. The van der Waals surface area contributed by atoms with Crippen LogP contribution < -0.4 is 10.1 Å². The summed E-state index contributed by atoms with van der Waals surface area (Å²) in [5, 5.41) is 3.85. The van der Waals surface area contributed by atoms with Gasteiger partial charge in [-0.1, -0.05) is 23.7 Å². The number of aliphatic imine (C=N–C) groups is 1. The molecule has 0 aliphatic carbocycles. The number of amidine groups is 1. The molecule has 6 nitrogen and oxygen atoms in total. The van der Waals surface area contributed by atoms with Crippen molar-refractivity contribution >= 4 is 52.2 Å². The van der Waals surface area contributed by atoms with E-state index in [-0.39, 0.29) is 11.7 Å². The molecule has 144 valence electrons. The highest BCUT2D eigenvalue weighted by molar-refractivity contribution is 8.18. The fraction of sp³-hybridized carbons (Fsp3) is 0. The summed E-state index contributed by atoms with van der Waals surface area (Å²) in [5.74, 6) is -0.296. The van der Waals surface area contributed by atoms with E-state index < -0.39 is 5.97 Å². The molecule has 1 N–H and O–H groups in total. The number of furan rings is 1. The van der Waals surface area contributed by atoms with Crippen molar-refractivity contribution in [3.8, 4) is 5.75 Å². The number of carbonyl (C=O) groups is 2. The highest BCUT2D eigenvalue weighted by Gasteiger charge is 2.23. The van der Waals surface area contributed by atoms with E-state index in [0.717, 1.165) is 5.56 Å². The summed E-state index contributed by atoms with van der Waals surface area (Å²) in [4.78, 5) is 29.0. The maximum atomic E-state index is 12.2. The molecule has 29 heavy (non-hydrogen) atoms. The number of hydrogen-bond acceptors (Lipinski definition) is 6. The molecule has 1 fully saturated rings. The molecule has 0 bridgehead atoms. The highest BCUT2D eigenvalue weighted by atomic mass is 35.5. The summed E-state index contributed by atoms with van der Waals surface area (Å²) in [7, 11) is 0. The second kappa shape index (κ2) is 8.38. The van der Waals surface area contributed by atoms with Gasteiger partial charge in [0, 0.05) is 5.02 Å². The van der Waals surface area contributed by atoms with Crippen LogP contribution in [0.1, 0.15) is 16.1 Å². The first-order chi connectivity index (χ1) is 14.1. The number of hydrogen-bond donors (Lipinski definition) is 1. The Kier molecular flexibility index (Phi) is 5.50. The zero-order chi connectivity index (χ0) is 20.2. The number of nitrogens with zero attached hydrogens (tertiary/aromatic N) is 1. The van der Waals surface area contributed by atoms with Gasteiger partial charge in [-0.25, -0.2) is 9.79 Å². The fourth-order valence-electron chi connectivity index (χ4n) is 2.45. The Bertz CT molecular complexity index is 1100. The number of ether oxygens (including phenoxy) is 1. The Morgan fingerprint density at radius 3 is 2.55 bits per heavy atom. The number of amides is 1. The van der Waals surface area contributed by atoms with E-state index in [0.29, 0.717) is 26.5 Å². The van der Waals surface area contributed by atoms with E-state index in [9.17, 15) is 9.59 Å². The van der Waals surface area contributed by atoms with Gasteiger partial charge in [-0.3, -0.25) is 4.79 Å². The molecule has 1 aliphatic rings. The lowest BCUT2D eigenvalue weighted by Gasteiger charge is -2.02. The molecule has 0 radical (unpaired) electrons. The topological polar surface area (TPSA) is 80.9 Å². The Labute approximate surface area is 175 Å². The second-order valence-corrected chi connectivity index (χ2v) is 7.36. The number of thioether (sulfide) groups is 1. The number of rotatable bonds is 4. The number of halogens is 1. The SMILES string of the molecule is O=C1NC(=Nc2ccc(Cl)cc2)S/C1=C\c1ccc(OC(=O)c2ccco2)cc1. The van der Waals surface area contributed by atoms with Crippen LogP contribution in [0.15, 0.2) is 81.2 Å². The standard InChI is InChI=1S/C21H13ClN2O4S/c22-14-5-7-15(8-6-14)23-21-24-19(25)18(29-21)12-13-3-9-16(10-4-13)28-20(26)17-2-1-11-27-17/h1-12H,(H,23,24,25)/b18-12-. The predicted octanol–water partition coefficient (Wildman–Crippen LogP) is 5.04. The van der Waals surface area contributed by atoms with E-state index in [1.165, 1.54) is 24.1 Å². The van der Waals surface area contributed by atoms with E-state index in [4.69, 9.17) is 20.8 Å². The van der Waals surface area contributed by atoms with E-state index in [1.807, 2.05) is 0 Å². The summed E-state index contributed by atoms with van der Waals surface area (Å²) in [6, 6.07) is 16.9. The molecule has 8 heteroatoms. The average Bonchev–Trinajstić information content (AvgIpc) is 3.36. The zero-order valence-corrected chi connectivity index (χ0v) is 16.4. The molecule has 3 aromatic rings. The normalized spacial score (nSPS) is 16.2. The lowest BCUT2D eigenvalue weighted by molar-refractivity contribution is -0.115. The lowest BCUT2D eigenvalue weighted by atomic mass is 10.2. The van der Waals surface area contributed by atoms with Crippen molar-refractivity contribution in [2.75, 3.05) is 0 Å². The third-order valence-corrected chi connectivity index (χ3v) is 4.98. The lowest BCUT2D eigenvalue weighted by Crippen LogP contribution is -2.19. The van der Waals surface area contributed by atoms with Gasteiger partial charge >= 0.3 is 5.97 Å². The quantitative estimate of drug-likeness (QED) is 0.360. The first-order valence-electron chi connectivity index (χ1n) is 8.48. The summed E-state index contributed by atoms with van der Waals surface area (Å²) in [6.07, 6.45) is 3.14. The minimum absolute atomic E-state index is 0.128. The van der Waals surface area contributed by atoms with Gasteiger partial charge in [-0.2, -0.15) is 0 Å². The van der Waals surface area contributed by atoms with Gasteiger partial charge in [0.1, 0.15) is 5.75 Å². The molecule has 0 saturated carbocycles. The molecule has 1 aliphatic heterocycles. The molecule has 4 rings (SSSR count). The maximum absolute atomic E-state index is 12.2. The van der Waals surface area contributed by atoms with Crippen molar-refractivity contribution < 1.29 is 18.7 Å². The molecule has 1 saturated heterocycles. The predicted molar refractivity (Wildman–Crippen MR) is 112 cm³/mol. The largest absolute Gasteiger partial charge is 0.457 e. The second-order valence-electron chi connectivity index (χ2n) is 5.89. The summed E-state index contributed by atoms with van der Waals surface area (Å²) < 4.78 is 10.2. The van der Waals surface area contributed by atoms with Crippen molar-refractivity contribution in [3.63, 3.8) is 0 Å². The molecule has 2 heterocycles. The molecule has 0 unspecified atom stereocenters. The number of nitrogens with one attached hydrogen (secondary N) is 1. The van der Waals surface area contributed by atoms with Crippen LogP contribution in [0.5, 0.6) is 5.75 Å². The van der Waals surface area contributed by atoms with Gasteiger partial charge in [0.05, 0.1) is 16.9 Å². The van der Waals surface area contributed by atoms with Gasteiger partial charge in [0.15, 0.2) is 5.17 Å². The maximum Gasteiger partial charge on any atom is 0.379 e. The zero-order valence-electron chi connectivity index (χ0n) is 14.8. The van der Waals surface area contributed by atoms with Gasteiger partial charge in [-0.15, -0.1) is 0 Å². The first-order valence-corrected chi connectivity index (χ1v) is 9.67. The monoisotopic (exact) mass is 424 g/mol. The van der Waals surface area contributed by atoms with Crippen LogP contribution in [-0.2, 0) is 4.79 Å². The summed E-state index contributed by atoms with van der Waals surface area (Å²) >= 11 is 7.11. The molecule has 2 aromatic carbocycles. The van der Waals surface area contributed by atoms with Crippen LogP contribution in [0.25, 0.3) is 6.08 Å². The van der Waals surface area contributed by atoms with Crippen LogP contribution >= 0.6 is 23.4 Å². The minimum atomic E-state index is -0.574. The Hall–Kier alpha value is -3.29. The Morgan fingerprint density at radius 2 is 1.86 bits per heavy atom. The smallest absolute Gasteiger partial charge is 0.379 e. The van der Waals surface area contributed by atoms with E-state index in [1.54, 1.807) is 60.7 Å². The van der Waals surface area contributed by atoms with Gasteiger partial charge in [0.25, 0.3) is 5.91 Å². The van der Waals surface area contributed by atoms with Crippen LogP contribution in [0, 0.1) is 0 Å². The van der Waals surface area contributed by atoms with Gasteiger partial charge in [-0.05, 0) is 71.9 Å². The molecular formula is C21H13ClN2O4S. The van der Waals surface area contributed by atoms with Crippen molar-refractivity contribution in [2.24, 2.45) is 4.99 Å². The number of benzene rings is 2. The van der Waals surface area contributed by atoms with Crippen LogP contribution in [0.3, 0.4) is 0 Å². The van der Waals surface area contributed by atoms with Crippen LogP contribution in [0.4, 0.5) is 5.69 Å².